The van der Waals surface area contributed by atoms with E-state index in [1.165, 1.54) is 4.90 Å². The summed E-state index contributed by atoms with van der Waals surface area (Å²) in [4.78, 5) is 15.7. The number of azide groups is 1. The standard InChI is InChI=1S/C12H10ClF3N4O/c13-9-2-1-8(12(14,15)16)4-10(9)20-6-7(3-11(20)21)5-18-19-17/h1-2,4,7H,3,5-6H2. The Balaban J connectivity index is 2.29. The van der Waals surface area contributed by atoms with E-state index in [1.54, 1.807) is 0 Å². The van der Waals surface area contributed by atoms with Crippen LogP contribution in [0, 0.1) is 5.92 Å². The van der Waals surface area contributed by atoms with E-state index in [-0.39, 0.29) is 42.0 Å². The van der Waals surface area contributed by atoms with Gasteiger partial charge in [-0.05, 0) is 29.6 Å². The fourth-order valence-corrected chi connectivity index (χ4v) is 2.40. The maximum absolute atomic E-state index is 12.7. The van der Waals surface area contributed by atoms with E-state index in [9.17, 15) is 18.0 Å². The Morgan fingerprint density at radius 1 is 1.48 bits per heavy atom. The van der Waals surface area contributed by atoms with Gasteiger partial charge in [-0.1, -0.05) is 16.7 Å². The fourth-order valence-electron chi connectivity index (χ4n) is 2.18. The van der Waals surface area contributed by atoms with E-state index in [0.717, 1.165) is 18.2 Å². The number of carbonyl (C=O) groups is 1. The minimum Gasteiger partial charge on any atom is -0.311 e. The van der Waals surface area contributed by atoms with Gasteiger partial charge in [0.05, 0.1) is 16.3 Å². The van der Waals surface area contributed by atoms with Crippen LogP contribution in [0.15, 0.2) is 23.3 Å². The summed E-state index contributed by atoms with van der Waals surface area (Å²) in [6.45, 7) is 0.300. The maximum atomic E-state index is 12.7. The Labute approximate surface area is 122 Å². The van der Waals surface area contributed by atoms with Crippen molar-refractivity contribution in [2.45, 2.75) is 12.6 Å². The average Bonchev–Trinajstić information content (AvgIpc) is 2.76. The van der Waals surface area contributed by atoms with Crippen LogP contribution in [0.25, 0.3) is 10.4 Å². The summed E-state index contributed by atoms with van der Waals surface area (Å²) < 4.78 is 38.2. The molecule has 0 aromatic heterocycles. The molecule has 0 bridgehead atoms. The largest absolute Gasteiger partial charge is 0.416 e. The van der Waals surface area contributed by atoms with Crippen LogP contribution >= 0.6 is 11.6 Å². The topological polar surface area (TPSA) is 69.1 Å². The zero-order chi connectivity index (χ0) is 15.6. The van der Waals surface area contributed by atoms with Crippen LogP contribution in [0.1, 0.15) is 12.0 Å². The second kappa shape index (κ2) is 5.83. The summed E-state index contributed by atoms with van der Waals surface area (Å²) in [5, 5.41) is 3.45. The van der Waals surface area contributed by atoms with Crippen molar-refractivity contribution in [3.8, 4) is 0 Å². The van der Waals surface area contributed by atoms with Crippen molar-refractivity contribution in [1.82, 2.24) is 0 Å². The predicted octanol–water partition coefficient (Wildman–Crippen LogP) is 4.02. The zero-order valence-corrected chi connectivity index (χ0v) is 11.4. The van der Waals surface area contributed by atoms with Gasteiger partial charge in [-0.25, -0.2) is 0 Å². The number of amides is 1. The number of hydrogen-bond acceptors (Lipinski definition) is 2. The Morgan fingerprint density at radius 2 is 2.19 bits per heavy atom. The number of rotatable bonds is 3. The molecule has 0 N–H and O–H groups in total. The summed E-state index contributed by atoms with van der Waals surface area (Å²) in [5.41, 5.74) is 7.42. The number of halogens is 4. The first kappa shape index (κ1) is 15.5. The second-order valence-corrected chi connectivity index (χ2v) is 5.06. The van der Waals surface area contributed by atoms with Gasteiger partial charge in [0, 0.05) is 24.4 Å². The highest BCUT2D eigenvalue weighted by molar-refractivity contribution is 6.33. The van der Waals surface area contributed by atoms with Gasteiger partial charge in [0.15, 0.2) is 0 Å². The highest BCUT2D eigenvalue weighted by atomic mass is 35.5. The van der Waals surface area contributed by atoms with Crippen LogP contribution in [-0.4, -0.2) is 19.0 Å². The van der Waals surface area contributed by atoms with E-state index < -0.39 is 11.7 Å². The number of alkyl halides is 3. The van der Waals surface area contributed by atoms with Gasteiger partial charge < -0.3 is 4.90 Å². The summed E-state index contributed by atoms with van der Waals surface area (Å²) in [7, 11) is 0. The van der Waals surface area contributed by atoms with Crippen LogP contribution in [0.4, 0.5) is 18.9 Å². The number of carbonyl (C=O) groups excluding carboxylic acids is 1. The normalized spacial score (nSPS) is 18.8. The van der Waals surface area contributed by atoms with Gasteiger partial charge in [0.2, 0.25) is 5.91 Å². The third-order valence-electron chi connectivity index (χ3n) is 3.17. The molecule has 0 radical (unpaired) electrons. The Morgan fingerprint density at radius 3 is 2.81 bits per heavy atom. The van der Waals surface area contributed by atoms with Crippen LogP contribution < -0.4 is 4.90 Å². The van der Waals surface area contributed by atoms with Gasteiger partial charge >= 0.3 is 6.18 Å². The van der Waals surface area contributed by atoms with Crippen LogP contribution in [-0.2, 0) is 11.0 Å². The van der Waals surface area contributed by atoms with E-state index >= 15 is 0 Å². The second-order valence-electron chi connectivity index (χ2n) is 4.65. The lowest BCUT2D eigenvalue weighted by Crippen LogP contribution is -2.25. The van der Waals surface area contributed by atoms with Crippen LogP contribution in [0.5, 0.6) is 0 Å². The summed E-state index contributed by atoms with van der Waals surface area (Å²) in [5.74, 6) is -0.562. The summed E-state index contributed by atoms with van der Waals surface area (Å²) >= 11 is 5.90. The van der Waals surface area contributed by atoms with E-state index in [0.29, 0.717) is 0 Å². The van der Waals surface area contributed by atoms with Crippen LogP contribution in [0.2, 0.25) is 5.02 Å². The molecule has 1 atom stereocenters. The molecule has 1 heterocycles. The number of anilines is 1. The molecule has 2 rings (SSSR count). The number of hydrogen-bond donors (Lipinski definition) is 0. The Bertz CT molecular complexity index is 613. The molecule has 1 aromatic rings. The zero-order valence-electron chi connectivity index (χ0n) is 10.6. The molecule has 0 saturated carbocycles. The molecule has 1 unspecified atom stereocenters. The first-order chi connectivity index (χ1) is 9.82. The lowest BCUT2D eigenvalue weighted by molar-refractivity contribution is -0.137. The average molecular weight is 319 g/mol. The first-order valence-electron chi connectivity index (χ1n) is 6.01. The molecule has 112 valence electrons. The van der Waals surface area contributed by atoms with Crippen molar-refractivity contribution in [3.05, 3.63) is 39.2 Å². The highest BCUT2D eigenvalue weighted by Gasteiger charge is 2.35. The third kappa shape index (κ3) is 3.40. The fraction of sp³-hybridized carbons (Fsp3) is 0.417. The lowest BCUT2D eigenvalue weighted by atomic mass is 10.1. The van der Waals surface area contributed by atoms with Gasteiger partial charge in [0.25, 0.3) is 0 Å². The van der Waals surface area contributed by atoms with E-state index in [4.69, 9.17) is 17.1 Å². The van der Waals surface area contributed by atoms with E-state index in [2.05, 4.69) is 10.0 Å². The molecule has 1 fully saturated rings. The molecule has 9 heteroatoms. The van der Waals surface area contributed by atoms with Gasteiger partial charge in [-0.2, -0.15) is 13.2 Å². The van der Waals surface area contributed by atoms with Crippen molar-refractivity contribution in [2.75, 3.05) is 18.0 Å². The SMILES string of the molecule is [N-]=[N+]=NCC1CC(=O)N(c2cc(C(F)(F)F)ccc2Cl)C1. The molecular formula is C12H10ClF3N4O. The first-order valence-corrected chi connectivity index (χ1v) is 6.38. The van der Waals surface area contributed by atoms with Crippen LogP contribution in [0.3, 0.4) is 0 Å². The van der Waals surface area contributed by atoms with Gasteiger partial charge in [0.1, 0.15) is 0 Å². The highest BCUT2D eigenvalue weighted by Crippen LogP contribution is 2.37. The van der Waals surface area contributed by atoms with Gasteiger partial charge in [-0.15, -0.1) is 0 Å². The smallest absolute Gasteiger partial charge is 0.311 e. The van der Waals surface area contributed by atoms with E-state index in [1.807, 2.05) is 0 Å². The molecule has 21 heavy (non-hydrogen) atoms. The quantitative estimate of drug-likeness (QED) is 0.471. The Hall–Kier alpha value is -1.92. The van der Waals surface area contributed by atoms with Crippen molar-refractivity contribution in [2.24, 2.45) is 11.0 Å². The molecule has 5 nitrogen and oxygen atoms in total. The Kier molecular flexibility index (Phi) is 4.29. The minimum absolute atomic E-state index is 0.0277. The molecule has 0 aliphatic carbocycles. The third-order valence-corrected chi connectivity index (χ3v) is 3.49. The monoisotopic (exact) mass is 318 g/mol. The maximum Gasteiger partial charge on any atom is 0.416 e. The molecule has 0 spiro atoms. The minimum atomic E-state index is -4.51. The summed E-state index contributed by atoms with van der Waals surface area (Å²) in [6.07, 6.45) is -4.39. The van der Waals surface area contributed by atoms with Gasteiger partial charge in [-0.3, -0.25) is 4.79 Å². The molecule has 1 saturated heterocycles. The predicted molar refractivity (Wildman–Crippen MR) is 70.9 cm³/mol. The molecular weight excluding hydrogens is 309 g/mol. The van der Waals surface area contributed by atoms with Crippen molar-refractivity contribution < 1.29 is 18.0 Å². The van der Waals surface area contributed by atoms with Crippen molar-refractivity contribution in [3.63, 3.8) is 0 Å². The number of nitrogens with zero attached hydrogens (tertiary/aromatic N) is 4. The molecule has 1 aromatic carbocycles. The van der Waals surface area contributed by atoms with Crippen molar-refractivity contribution in [1.29, 1.82) is 0 Å². The lowest BCUT2D eigenvalue weighted by Gasteiger charge is -2.19. The molecule has 1 aliphatic heterocycles. The molecule has 1 amide bonds. The van der Waals surface area contributed by atoms with Crippen molar-refractivity contribution >= 4 is 23.2 Å². The summed E-state index contributed by atoms with van der Waals surface area (Å²) in [6, 6.07) is 2.84. The molecule has 1 aliphatic rings. The number of benzene rings is 1.